The standard InChI is InChI=1S/C26H33N5O/c1-21-6-3-4-7-23(21)19-26(32)18-22-9-11-25(12-10-22)31-20-24(27-28-31)8-5-13-30-16-14-29(2)15-17-30/h3-4,6-7,9-12,20H,5,8,13-19H2,1-2H3. The van der Waals surface area contributed by atoms with Gasteiger partial charge in [0.25, 0.3) is 0 Å². The number of benzene rings is 2. The van der Waals surface area contributed by atoms with Gasteiger partial charge in [0.05, 0.1) is 17.6 Å². The average molecular weight is 432 g/mol. The van der Waals surface area contributed by atoms with Gasteiger partial charge in [-0.25, -0.2) is 4.68 Å². The van der Waals surface area contributed by atoms with Crippen molar-refractivity contribution in [3.05, 3.63) is 77.1 Å². The third kappa shape index (κ3) is 6.11. The molecule has 2 heterocycles. The topological polar surface area (TPSA) is 54.3 Å². The van der Waals surface area contributed by atoms with E-state index in [1.807, 2.05) is 53.3 Å². The van der Waals surface area contributed by atoms with E-state index in [2.05, 4.69) is 40.1 Å². The molecule has 1 aliphatic heterocycles. The highest BCUT2D eigenvalue weighted by Crippen LogP contribution is 2.13. The number of likely N-dealkylation sites (N-methyl/N-ethyl adjacent to an activating group) is 1. The first-order valence-electron chi connectivity index (χ1n) is 11.5. The molecule has 0 N–H and O–H groups in total. The Kier molecular flexibility index (Phi) is 7.45. The monoisotopic (exact) mass is 431 g/mol. The molecule has 0 aliphatic carbocycles. The first-order valence-corrected chi connectivity index (χ1v) is 11.5. The molecule has 1 aliphatic rings. The summed E-state index contributed by atoms with van der Waals surface area (Å²) < 4.78 is 1.82. The number of Topliss-reactive ketones (excluding diaryl/α,β-unsaturated/α-hetero) is 1. The van der Waals surface area contributed by atoms with Crippen LogP contribution >= 0.6 is 0 Å². The lowest BCUT2D eigenvalue weighted by Gasteiger charge is -2.32. The van der Waals surface area contributed by atoms with E-state index in [4.69, 9.17) is 0 Å². The molecular weight excluding hydrogens is 398 g/mol. The Morgan fingerprint density at radius 1 is 0.969 bits per heavy atom. The fourth-order valence-electron chi connectivity index (χ4n) is 4.17. The lowest BCUT2D eigenvalue weighted by Crippen LogP contribution is -2.44. The van der Waals surface area contributed by atoms with Crippen molar-refractivity contribution in [1.29, 1.82) is 0 Å². The van der Waals surface area contributed by atoms with Crippen LogP contribution in [0.1, 0.15) is 28.8 Å². The minimum absolute atomic E-state index is 0.232. The van der Waals surface area contributed by atoms with Crippen LogP contribution in [0.4, 0.5) is 0 Å². The van der Waals surface area contributed by atoms with E-state index in [0.717, 1.165) is 68.1 Å². The number of carbonyl (C=O) groups excluding carboxylic acids is 1. The molecule has 2 aromatic carbocycles. The second kappa shape index (κ2) is 10.7. The molecule has 3 aromatic rings. The summed E-state index contributed by atoms with van der Waals surface area (Å²) in [5.41, 5.74) is 5.30. The zero-order valence-electron chi connectivity index (χ0n) is 19.2. The van der Waals surface area contributed by atoms with Gasteiger partial charge in [-0.1, -0.05) is 41.6 Å². The highest BCUT2D eigenvalue weighted by atomic mass is 16.1. The Morgan fingerprint density at radius 2 is 1.72 bits per heavy atom. The van der Waals surface area contributed by atoms with Gasteiger partial charge >= 0.3 is 0 Å². The summed E-state index contributed by atoms with van der Waals surface area (Å²) in [6, 6.07) is 16.1. The third-order valence-electron chi connectivity index (χ3n) is 6.30. The maximum Gasteiger partial charge on any atom is 0.141 e. The molecule has 0 unspecified atom stereocenters. The molecule has 0 saturated carbocycles. The van der Waals surface area contributed by atoms with Gasteiger partial charge in [0.2, 0.25) is 0 Å². The molecular formula is C26H33N5O. The van der Waals surface area contributed by atoms with Crippen molar-refractivity contribution >= 4 is 5.78 Å². The summed E-state index contributed by atoms with van der Waals surface area (Å²) in [5, 5.41) is 8.64. The predicted molar refractivity (Wildman–Crippen MR) is 127 cm³/mol. The van der Waals surface area contributed by atoms with Gasteiger partial charge in [0, 0.05) is 39.0 Å². The lowest BCUT2D eigenvalue weighted by molar-refractivity contribution is -0.117. The second-order valence-electron chi connectivity index (χ2n) is 8.89. The summed E-state index contributed by atoms with van der Waals surface area (Å²) in [4.78, 5) is 17.4. The van der Waals surface area contributed by atoms with Crippen LogP contribution in [0.25, 0.3) is 5.69 Å². The van der Waals surface area contributed by atoms with Gasteiger partial charge < -0.3 is 9.80 Å². The van der Waals surface area contributed by atoms with E-state index < -0.39 is 0 Å². The van der Waals surface area contributed by atoms with E-state index in [1.54, 1.807) is 0 Å². The average Bonchev–Trinajstić information content (AvgIpc) is 3.26. The van der Waals surface area contributed by atoms with Gasteiger partial charge in [-0.15, -0.1) is 5.10 Å². The van der Waals surface area contributed by atoms with Crippen LogP contribution in [0.15, 0.2) is 54.7 Å². The first-order chi connectivity index (χ1) is 15.6. The van der Waals surface area contributed by atoms with Crippen molar-refractivity contribution < 1.29 is 4.79 Å². The van der Waals surface area contributed by atoms with E-state index in [-0.39, 0.29) is 5.78 Å². The zero-order chi connectivity index (χ0) is 22.3. The van der Waals surface area contributed by atoms with Crippen LogP contribution in [0.5, 0.6) is 0 Å². The number of aryl methyl sites for hydroxylation is 2. The predicted octanol–water partition coefficient (Wildman–Crippen LogP) is 3.11. The third-order valence-corrected chi connectivity index (χ3v) is 6.30. The molecule has 1 saturated heterocycles. The number of hydrogen-bond donors (Lipinski definition) is 0. The molecule has 0 spiro atoms. The number of aromatic nitrogens is 3. The fourth-order valence-corrected chi connectivity index (χ4v) is 4.17. The Balaban J connectivity index is 1.26. The van der Waals surface area contributed by atoms with Crippen molar-refractivity contribution in [1.82, 2.24) is 24.8 Å². The number of piperazine rings is 1. The highest BCUT2D eigenvalue weighted by Gasteiger charge is 2.13. The van der Waals surface area contributed by atoms with Crippen molar-refractivity contribution in [3.63, 3.8) is 0 Å². The van der Waals surface area contributed by atoms with Crippen LogP contribution in [0.2, 0.25) is 0 Å². The van der Waals surface area contributed by atoms with Gasteiger partial charge in [0.1, 0.15) is 5.78 Å². The van der Waals surface area contributed by atoms with Gasteiger partial charge in [0.15, 0.2) is 0 Å². The Labute approximate surface area is 190 Å². The summed E-state index contributed by atoms with van der Waals surface area (Å²) in [6.45, 7) is 7.79. The lowest BCUT2D eigenvalue weighted by atomic mass is 9.99. The summed E-state index contributed by atoms with van der Waals surface area (Å²) in [6.07, 6.45) is 4.99. The van der Waals surface area contributed by atoms with E-state index in [1.165, 1.54) is 5.56 Å². The molecule has 0 atom stereocenters. The van der Waals surface area contributed by atoms with Crippen molar-refractivity contribution in [2.75, 3.05) is 39.8 Å². The van der Waals surface area contributed by atoms with Crippen LogP contribution in [-0.2, 0) is 24.1 Å². The van der Waals surface area contributed by atoms with Crippen molar-refractivity contribution in [2.45, 2.75) is 32.6 Å². The number of rotatable bonds is 9. The quantitative estimate of drug-likeness (QED) is 0.521. The minimum atomic E-state index is 0.232. The number of nitrogens with zero attached hydrogens (tertiary/aromatic N) is 5. The smallest absolute Gasteiger partial charge is 0.141 e. The van der Waals surface area contributed by atoms with Crippen LogP contribution in [0.3, 0.4) is 0 Å². The fraction of sp³-hybridized carbons (Fsp3) is 0.423. The SMILES string of the molecule is Cc1ccccc1CC(=O)Cc1ccc(-n2cc(CCCN3CCN(C)CC3)nn2)cc1. The van der Waals surface area contributed by atoms with E-state index >= 15 is 0 Å². The Hall–Kier alpha value is -2.83. The summed E-state index contributed by atoms with van der Waals surface area (Å²) >= 11 is 0. The Bertz CT molecular complexity index is 1020. The van der Waals surface area contributed by atoms with Gasteiger partial charge in [-0.2, -0.15) is 0 Å². The number of carbonyl (C=O) groups is 1. The molecule has 4 rings (SSSR count). The Morgan fingerprint density at radius 3 is 2.47 bits per heavy atom. The van der Waals surface area contributed by atoms with Crippen molar-refractivity contribution in [3.8, 4) is 5.69 Å². The number of ketones is 1. The van der Waals surface area contributed by atoms with Gasteiger partial charge in [-0.3, -0.25) is 4.79 Å². The zero-order valence-corrected chi connectivity index (χ0v) is 19.2. The molecule has 6 nitrogen and oxygen atoms in total. The molecule has 6 heteroatoms. The molecule has 1 fully saturated rings. The molecule has 0 bridgehead atoms. The summed E-state index contributed by atoms with van der Waals surface area (Å²) in [5.74, 6) is 0.232. The maximum absolute atomic E-state index is 12.5. The molecule has 0 amide bonds. The molecule has 168 valence electrons. The van der Waals surface area contributed by atoms with Crippen molar-refractivity contribution in [2.24, 2.45) is 0 Å². The highest BCUT2D eigenvalue weighted by molar-refractivity contribution is 5.83. The first kappa shape index (κ1) is 22.4. The minimum Gasteiger partial charge on any atom is -0.304 e. The molecule has 1 aromatic heterocycles. The van der Waals surface area contributed by atoms with E-state index in [9.17, 15) is 4.79 Å². The van der Waals surface area contributed by atoms with Crippen LogP contribution in [-0.4, -0.2) is 70.3 Å². The largest absolute Gasteiger partial charge is 0.304 e. The van der Waals surface area contributed by atoms with Crippen LogP contribution < -0.4 is 0 Å². The van der Waals surface area contributed by atoms with Gasteiger partial charge in [-0.05, 0) is 62.2 Å². The number of hydrogen-bond acceptors (Lipinski definition) is 5. The summed E-state index contributed by atoms with van der Waals surface area (Å²) in [7, 11) is 2.19. The second-order valence-corrected chi connectivity index (χ2v) is 8.89. The normalized spacial score (nSPS) is 15.2. The van der Waals surface area contributed by atoms with Crippen LogP contribution in [0, 0.1) is 6.92 Å². The molecule has 32 heavy (non-hydrogen) atoms. The maximum atomic E-state index is 12.5. The van der Waals surface area contributed by atoms with E-state index in [0.29, 0.717) is 12.8 Å². The molecule has 0 radical (unpaired) electrons.